The fourth-order valence-corrected chi connectivity index (χ4v) is 5.69. The van der Waals surface area contributed by atoms with Gasteiger partial charge in [-0.15, -0.1) is 0 Å². The topological polar surface area (TPSA) is 52.6 Å². The monoisotopic (exact) mass is 632 g/mol. The molecule has 0 saturated carbocycles. The minimum absolute atomic E-state index is 0.190. The average Bonchev–Trinajstić information content (AvgIpc) is 3.02. The lowest BCUT2D eigenvalue weighted by atomic mass is 9.93. The van der Waals surface area contributed by atoms with Crippen LogP contribution in [0.2, 0.25) is 0 Å². The van der Waals surface area contributed by atoms with Gasteiger partial charge in [-0.05, 0) is 55.2 Å². The van der Waals surface area contributed by atoms with Crippen LogP contribution in [0.5, 0.6) is 0 Å². The van der Waals surface area contributed by atoms with Crippen LogP contribution in [0.25, 0.3) is 43.1 Å². The molecule has 0 heterocycles. The van der Waals surface area contributed by atoms with Gasteiger partial charge in [0, 0.05) is 23.3 Å². The highest BCUT2D eigenvalue weighted by Gasteiger charge is 2.47. The summed E-state index contributed by atoms with van der Waals surface area (Å²) in [5, 5.41) is 2.65. The van der Waals surface area contributed by atoms with Crippen molar-refractivity contribution in [3.63, 3.8) is 0 Å². The van der Waals surface area contributed by atoms with Crippen molar-refractivity contribution in [1.29, 1.82) is 0 Å². The highest BCUT2D eigenvalue weighted by atomic mass is 19.4. The zero-order valence-electron chi connectivity index (χ0n) is 23.6. The van der Waals surface area contributed by atoms with E-state index < -0.39 is 36.5 Å². The first-order chi connectivity index (χ1) is 21.9. The van der Waals surface area contributed by atoms with Crippen molar-refractivity contribution in [3.8, 4) is 0 Å². The maximum Gasteiger partial charge on any atom is 0.429 e. The van der Waals surface area contributed by atoms with Gasteiger partial charge >= 0.3 is 24.3 Å². The van der Waals surface area contributed by atoms with E-state index >= 15 is 0 Å². The SMILES string of the molecule is O=C(/C=C/C(=O)O[C@H](c1c2ccccc2cc2ccccc12)C(F)(F)F)O[C@H](c1c2ccccc2cc2ccccc12)C(F)(F)F. The normalized spacial score (nSPS) is 13.8. The van der Waals surface area contributed by atoms with E-state index in [1.54, 1.807) is 84.9 Å². The summed E-state index contributed by atoms with van der Waals surface area (Å²) in [4.78, 5) is 25.4. The van der Waals surface area contributed by atoms with Crippen LogP contribution < -0.4 is 0 Å². The van der Waals surface area contributed by atoms with E-state index in [-0.39, 0.29) is 32.7 Å². The Bertz CT molecular complexity index is 1890. The van der Waals surface area contributed by atoms with Crippen LogP contribution in [0.3, 0.4) is 0 Å². The standard InChI is InChI=1S/C36H22F6O4/c37-35(38,39)33(31-25-13-5-1-9-21(25)19-22-10-2-6-14-26(22)31)45-29(43)17-18-30(44)46-34(36(40,41)42)32-27-15-7-3-11-23(27)20-24-12-4-8-16-28(24)32/h1-20,33-34H/b18-17+/t33-,34-/m1/s1. The van der Waals surface area contributed by atoms with Gasteiger partial charge in [0.2, 0.25) is 12.2 Å². The van der Waals surface area contributed by atoms with Gasteiger partial charge in [0.1, 0.15) is 0 Å². The highest BCUT2D eigenvalue weighted by Crippen LogP contribution is 2.44. The minimum atomic E-state index is -5.08. The van der Waals surface area contributed by atoms with Crippen molar-refractivity contribution in [2.75, 3.05) is 0 Å². The Hall–Kier alpha value is -5.38. The first-order valence-corrected chi connectivity index (χ1v) is 14.0. The molecule has 0 aromatic heterocycles. The van der Waals surface area contributed by atoms with Gasteiger partial charge in [-0.25, -0.2) is 9.59 Å². The second kappa shape index (κ2) is 11.8. The Morgan fingerprint density at radius 1 is 0.478 bits per heavy atom. The van der Waals surface area contributed by atoms with Crippen LogP contribution >= 0.6 is 0 Å². The number of hydrogen-bond acceptors (Lipinski definition) is 4. The zero-order valence-corrected chi connectivity index (χ0v) is 23.6. The fourth-order valence-electron chi connectivity index (χ4n) is 5.69. The quantitative estimate of drug-likeness (QED) is 0.0794. The number of benzene rings is 6. The first kappa shape index (κ1) is 30.6. The average molecular weight is 633 g/mol. The van der Waals surface area contributed by atoms with Crippen molar-refractivity contribution < 1.29 is 45.4 Å². The lowest BCUT2D eigenvalue weighted by molar-refractivity contribution is -0.221. The number of carbonyl (C=O) groups is 2. The molecule has 6 aromatic rings. The van der Waals surface area contributed by atoms with Crippen LogP contribution in [-0.2, 0) is 19.1 Å². The molecule has 0 aliphatic heterocycles. The largest absolute Gasteiger partial charge is 0.445 e. The van der Waals surface area contributed by atoms with Gasteiger partial charge in [-0.2, -0.15) is 26.3 Å². The second-order valence-corrected chi connectivity index (χ2v) is 10.5. The summed E-state index contributed by atoms with van der Waals surface area (Å²) in [6.45, 7) is 0. The molecule has 0 amide bonds. The molecule has 232 valence electrons. The van der Waals surface area contributed by atoms with E-state index in [0.717, 1.165) is 0 Å². The van der Waals surface area contributed by atoms with E-state index in [1.165, 1.54) is 24.3 Å². The lowest BCUT2D eigenvalue weighted by Gasteiger charge is -2.24. The molecule has 4 nitrogen and oxygen atoms in total. The number of alkyl halides is 6. The van der Waals surface area contributed by atoms with Crippen LogP contribution in [0, 0.1) is 0 Å². The first-order valence-electron chi connectivity index (χ1n) is 14.0. The second-order valence-electron chi connectivity index (χ2n) is 10.5. The molecular weight excluding hydrogens is 610 g/mol. The van der Waals surface area contributed by atoms with Crippen molar-refractivity contribution in [1.82, 2.24) is 0 Å². The van der Waals surface area contributed by atoms with Crippen LogP contribution in [0.15, 0.2) is 121 Å². The Kier molecular flexibility index (Phi) is 7.89. The Balaban J connectivity index is 1.32. The highest BCUT2D eigenvalue weighted by molar-refractivity contribution is 6.04. The molecule has 0 saturated heterocycles. The maximum absolute atomic E-state index is 14.4. The number of esters is 2. The molecule has 0 aliphatic carbocycles. The molecule has 2 atom stereocenters. The third kappa shape index (κ3) is 5.98. The van der Waals surface area contributed by atoms with Gasteiger partial charge in [-0.1, -0.05) is 97.1 Å². The summed E-state index contributed by atoms with van der Waals surface area (Å²) in [6, 6.07) is 28.5. The Labute approximate surface area is 257 Å². The lowest BCUT2D eigenvalue weighted by Crippen LogP contribution is -2.27. The smallest absolute Gasteiger partial charge is 0.429 e. The molecule has 0 N–H and O–H groups in total. The molecule has 46 heavy (non-hydrogen) atoms. The van der Waals surface area contributed by atoms with Gasteiger partial charge < -0.3 is 9.47 Å². The summed E-state index contributed by atoms with van der Waals surface area (Å²) in [5.41, 5.74) is -0.629. The number of ether oxygens (including phenoxy) is 2. The number of hydrogen-bond donors (Lipinski definition) is 0. The molecule has 0 bridgehead atoms. The predicted octanol–water partition coefficient (Wildman–Crippen LogP) is 9.85. The van der Waals surface area contributed by atoms with Crippen molar-refractivity contribution in [2.24, 2.45) is 0 Å². The summed E-state index contributed by atoms with van der Waals surface area (Å²) in [5.74, 6) is -3.20. The zero-order chi connectivity index (χ0) is 32.6. The number of fused-ring (bicyclic) bond motifs is 4. The fraction of sp³-hybridized carbons (Fsp3) is 0.111. The molecule has 6 rings (SSSR count). The van der Waals surface area contributed by atoms with Gasteiger partial charge in [0.15, 0.2) is 0 Å². The summed E-state index contributed by atoms with van der Waals surface area (Å²) in [6.07, 6.45) is -15.0. The van der Waals surface area contributed by atoms with Crippen LogP contribution in [0.4, 0.5) is 26.3 Å². The molecule has 0 fully saturated rings. The number of rotatable bonds is 6. The Morgan fingerprint density at radius 3 is 1.00 bits per heavy atom. The molecule has 6 aromatic carbocycles. The number of carbonyl (C=O) groups excluding carboxylic acids is 2. The Morgan fingerprint density at radius 2 is 0.739 bits per heavy atom. The van der Waals surface area contributed by atoms with Gasteiger partial charge in [0.25, 0.3) is 0 Å². The van der Waals surface area contributed by atoms with E-state index in [2.05, 4.69) is 0 Å². The van der Waals surface area contributed by atoms with Crippen molar-refractivity contribution in [2.45, 2.75) is 24.6 Å². The minimum Gasteiger partial charge on any atom is -0.445 e. The third-order valence-electron chi connectivity index (χ3n) is 7.57. The molecule has 10 heteroatoms. The van der Waals surface area contributed by atoms with E-state index in [1.807, 2.05) is 0 Å². The molecule has 0 aliphatic rings. The molecular formula is C36H22F6O4. The van der Waals surface area contributed by atoms with Crippen LogP contribution in [-0.4, -0.2) is 24.3 Å². The summed E-state index contributed by atoms with van der Waals surface area (Å²) < 4.78 is 96.4. The predicted molar refractivity (Wildman–Crippen MR) is 162 cm³/mol. The van der Waals surface area contributed by atoms with Crippen LogP contribution in [0.1, 0.15) is 23.3 Å². The van der Waals surface area contributed by atoms with Gasteiger partial charge in [0.05, 0.1) is 0 Å². The number of halogens is 6. The third-order valence-corrected chi connectivity index (χ3v) is 7.57. The van der Waals surface area contributed by atoms with Gasteiger partial charge in [-0.3, -0.25) is 0 Å². The maximum atomic E-state index is 14.4. The van der Waals surface area contributed by atoms with Crippen molar-refractivity contribution >= 4 is 55.0 Å². The molecule has 0 spiro atoms. The molecule has 0 unspecified atom stereocenters. The van der Waals surface area contributed by atoms with E-state index in [4.69, 9.17) is 9.47 Å². The molecule has 0 radical (unpaired) electrons. The summed E-state index contributed by atoms with van der Waals surface area (Å²) >= 11 is 0. The van der Waals surface area contributed by atoms with E-state index in [9.17, 15) is 35.9 Å². The van der Waals surface area contributed by atoms with E-state index in [0.29, 0.717) is 33.7 Å². The summed E-state index contributed by atoms with van der Waals surface area (Å²) in [7, 11) is 0. The van der Waals surface area contributed by atoms with Crippen molar-refractivity contribution in [3.05, 3.63) is 132 Å².